The molecule has 0 atom stereocenters. The highest BCUT2D eigenvalue weighted by molar-refractivity contribution is 5.92. The van der Waals surface area contributed by atoms with Gasteiger partial charge in [-0.3, -0.25) is 0 Å². The summed E-state index contributed by atoms with van der Waals surface area (Å²) >= 11 is 0. The third-order valence-electron chi connectivity index (χ3n) is 3.68. The van der Waals surface area contributed by atoms with Crippen LogP contribution in [0.1, 0.15) is 46.0 Å². The van der Waals surface area contributed by atoms with E-state index in [1.165, 1.54) is 5.56 Å². The number of rotatable bonds is 3. The van der Waals surface area contributed by atoms with Gasteiger partial charge in [0.25, 0.3) is 0 Å². The maximum Gasteiger partial charge on any atom is 0.386 e. The molecule has 5 nitrogen and oxygen atoms in total. The van der Waals surface area contributed by atoms with Crippen LogP contribution in [0.5, 0.6) is 0 Å². The fourth-order valence-corrected chi connectivity index (χ4v) is 2.16. The predicted octanol–water partition coefficient (Wildman–Crippen LogP) is 4.60. The average molecular weight is 380 g/mol. The lowest BCUT2D eigenvalue weighted by atomic mass is 10.0. The summed E-state index contributed by atoms with van der Waals surface area (Å²) in [5, 5.41) is 0. The fourth-order valence-electron chi connectivity index (χ4n) is 2.16. The Balaban J connectivity index is 0.000000332. The molecule has 146 valence electrons. The van der Waals surface area contributed by atoms with E-state index in [9.17, 15) is 9.59 Å². The normalized spacial score (nSPS) is 9.39. The largest absolute Gasteiger partial charge is 0.412 e. The molecule has 3 rings (SSSR count). The van der Waals surface area contributed by atoms with Gasteiger partial charge in [-0.2, -0.15) is 0 Å². The van der Waals surface area contributed by atoms with Crippen LogP contribution in [0.2, 0.25) is 0 Å². The van der Waals surface area contributed by atoms with E-state index in [-0.39, 0.29) is 5.48 Å². The van der Waals surface area contributed by atoms with Crippen molar-refractivity contribution in [1.82, 2.24) is 0 Å². The maximum atomic E-state index is 11.5. The lowest BCUT2D eigenvalue weighted by Gasteiger charge is -2.02. The first-order valence-corrected chi connectivity index (χ1v) is 8.66. The molecule has 0 aromatic heterocycles. The Morgan fingerprint density at radius 2 is 0.929 bits per heavy atom. The third kappa shape index (κ3) is 7.43. The van der Waals surface area contributed by atoms with E-state index in [4.69, 9.17) is 0 Å². The smallest absolute Gasteiger partial charge is 0.386 e. The number of carbonyl (C=O) groups excluding carboxylic acids is 2. The Hall–Kier alpha value is -3.44. The van der Waals surface area contributed by atoms with Gasteiger partial charge in [-0.05, 0) is 35.7 Å². The molecule has 3 aromatic rings. The molecule has 0 amide bonds. The molecule has 0 aliphatic rings. The van der Waals surface area contributed by atoms with Gasteiger partial charge >= 0.3 is 11.9 Å². The van der Waals surface area contributed by atoms with Crippen molar-refractivity contribution in [2.75, 3.05) is 0 Å². The average Bonchev–Trinajstić information content (AvgIpc) is 2.74. The van der Waals surface area contributed by atoms with Crippen molar-refractivity contribution >= 4 is 11.9 Å². The van der Waals surface area contributed by atoms with Crippen LogP contribution in [0.15, 0.2) is 91.0 Å². The Morgan fingerprint density at radius 1 is 0.607 bits per heavy atom. The second kappa shape index (κ2) is 12.0. The highest BCUT2D eigenvalue weighted by atomic mass is 17.2. The van der Waals surface area contributed by atoms with Gasteiger partial charge in [-0.25, -0.2) is 19.4 Å². The molecule has 28 heavy (non-hydrogen) atoms. The van der Waals surface area contributed by atoms with E-state index in [2.05, 4.69) is 47.9 Å². The van der Waals surface area contributed by atoms with Crippen molar-refractivity contribution in [1.29, 1.82) is 0 Å². The van der Waals surface area contributed by atoms with Crippen molar-refractivity contribution in [3.05, 3.63) is 108 Å². The molecule has 0 unspecified atom stereocenters. The molecule has 0 radical (unpaired) electrons. The molecular formula is C23H24O5. The van der Waals surface area contributed by atoms with E-state index >= 15 is 0 Å². The highest BCUT2D eigenvalue weighted by Gasteiger charge is 2.13. The summed E-state index contributed by atoms with van der Waals surface area (Å²) in [5.41, 5.74) is 2.05. The number of hydrogen-bond acceptors (Lipinski definition) is 4. The molecule has 0 spiro atoms. The Morgan fingerprint density at radius 3 is 1.21 bits per heavy atom. The van der Waals surface area contributed by atoms with Crippen LogP contribution < -0.4 is 0 Å². The van der Waals surface area contributed by atoms with Crippen molar-refractivity contribution < 1.29 is 24.8 Å². The molecule has 0 fully saturated rings. The minimum Gasteiger partial charge on any atom is -0.412 e. The van der Waals surface area contributed by atoms with Crippen LogP contribution >= 0.6 is 0 Å². The van der Waals surface area contributed by atoms with Gasteiger partial charge in [0.05, 0.1) is 11.1 Å². The maximum absolute atomic E-state index is 11.5. The molecule has 0 aliphatic heterocycles. The topological polar surface area (TPSA) is 84.1 Å². The van der Waals surface area contributed by atoms with Crippen molar-refractivity contribution in [2.24, 2.45) is 0 Å². The SMILES string of the molecule is CC(C)c1ccccc1.O.O=C(OOC(=O)c1ccccc1)c1ccccc1. The molecule has 5 heteroatoms. The molecule has 0 saturated heterocycles. The van der Waals surface area contributed by atoms with Crippen LogP contribution in [0, 0.1) is 0 Å². The number of hydrogen-bond donors (Lipinski definition) is 0. The molecule has 3 aromatic carbocycles. The monoisotopic (exact) mass is 380 g/mol. The standard InChI is InChI=1S/C14H10O4.C9H12.H2O/c15-13(11-7-3-1-4-8-11)17-18-14(16)12-9-5-2-6-10-12;1-8(2)9-6-4-3-5-7-9;/h1-10H;3-8H,1-2H3;1H2. The highest BCUT2D eigenvalue weighted by Crippen LogP contribution is 2.11. The van der Waals surface area contributed by atoms with Crippen LogP contribution in [-0.2, 0) is 9.78 Å². The lowest BCUT2D eigenvalue weighted by Crippen LogP contribution is -2.11. The van der Waals surface area contributed by atoms with Gasteiger partial charge in [0.2, 0.25) is 0 Å². The minimum absolute atomic E-state index is 0. The van der Waals surface area contributed by atoms with Crippen LogP contribution in [0.4, 0.5) is 0 Å². The van der Waals surface area contributed by atoms with Gasteiger partial charge in [-0.1, -0.05) is 80.6 Å². The molecule has 0 saturated carbocycles. The second-order valence-electron chi connectivity index (χ2n) is 6.04. The summed E-state index contributed by atoms with van der Waals surface area (Å²) in [4.78, 5) is 31.9. The fraction of sp³-hybridized carbons (Fsp3) is 0.130. The van der Waals surface area contributed by atoms with Gasteiger partial charge < -0.3 is 5.48 Å². The van der Waals surface area contributed by atoms with Gasteiger partial charge in [0, 0.05) is 0 Å². The minimum atomic E-state index is -0.708. The summed E-state index contributed by atoms with van der Waals surface area (Å²) in [7, 11) is 0. The molecule has 0 aliphatic carbocycles. The Kier molecular flexibility index (Phi) is 9.72. The Labute approximate surface area is 164 Å². The summed E-state index contributed by atoms with van der Waals surface area (Å²) < 4.78 is 0. The lowest BCUT2D eigenvalue weighted by molar-refractivity contribution is -0.187. The van der Waals surface area contributed by atoms with Gasteiger partial charge in [0.1, 0.15) is 0 Å². The van der Waals surface area contributed by atoms with Crippen LogP contribution in [0.25, 0.3) is 0 Å². The summed E-state index contributed by atoms with van der Waals surface area (Å²) in [5.74, 6) is -0.758. The van der Waals surface area contributed by atoms with Gasteiger partial charge in [0.15, 0.2) is 0 Å². The van der Waals surface area contributed by atoms with E-state index in [1.807, 2.05) is 6.07 Å². The van der Waals surface area contributed by atoms with Crippen LogP contribution in [0.3, 0.4) is 0 Å². The second-order valence-corrected chi connectivity index (χ2v) is 6.04. The summed E-state index contributed by atoms with van der Waals surface area (Å²) in [6, 6.07) is 27.1. The number of benzene rings is 3. The van der Waals surface area contributed by atoms with Crippen molar-refractivity contribution in [3.8, 4) is 0 Å². The van der Waals surface area contributed by atoms with E-state index in [1.54, 1.807) is 60.7 Å². The third-order valence-corrected chi connectivity index (χ3v) is 3.68. The Bertz CT molecular complexity index is 779. The molecular weight excluding hydrogens is 356 g/mol. The quantitative estimate of drug-likeness (QED) is 0.491. The zero-order chi connectivity index (χ0) is 19.5. The summed E-state index contributed by atoms with van der Waals surface area (Å²) in [6.07, 6.45) is 0. The molecule has 0 heterocycles. The van der Waals surface area contributed by atoms with Gasteiger partial charge in [-0.15, -0.1) is 0 Å². The van der Waals surface area contributed by atoms with E-state index in [0.29, 0.717) is 17.0 Å². The van der Waals surface area contributed by atoms with Crippen LogP contribution in [-0.4, -0.2) is 17.4 Å². The summed E-state index contributed by atoms with van der Waals surface area (Å²) in [6.45, 7) is 4.41. The molecule has 0 bridgehead atoms. The number of carbonyl (C=O) groups is 2. The zero-order valence-electron chi connectivity index (χ0n) is 15.9. The first-order valence-electron chi connectivity index (χ1n) is 8.66. The predicted molar refractivity (Wildman–Crippen MR) is 108 cm³/mol. The first kappa shape index (κ1) is 22.6. The van der Waals surface area contributed by atoms with Crippen molar-refractivity contribution in [3.63, 3.8) is 0 Å². The van der Waals surface area contributed by atoms with Crippen molar-refractivity contribution in [2.45, 2.75) is 19.8 Å². The van der Waals surface area contributed by atoms with E-state index in [0.717, 1.165) is 0 Å². The van der Waals surface area contributed by atoms with E-state index < -0.39 is 11.9 Å². The molecule has 2 N–H and O–H groups in total. The first-order chi connectivity index (χ1) is 13.1. The zero-order valence-corrected chi connectivity index (χ0v) is 15.9.